The fourth-order valence-corrected chi connectivity index (χ4v) is 4.13. The molecule has 4 aromatic rings. The number of anilines is 1. The van der Waals surface area contributed by atoms with Gasteiger partial charge in [-0.2, -0.15) is 5.10 Å². The Morgan fingerprint density at radius 1 is 1.27 bits per heavy atom. The zero-order chi connectivity index (χ0) is 22.7. The highest BCUT2D eigenvalue weighted by atomic mass is 35.5. The Hall–Kier alpha value is -3.73. The summed E-state index contributed by atoms with van der Waals surface area (Å²) in [6.45, 7) is 0.653. The van der Waals surface area contributed by atoms with Crippen molar-refractivity contribution < 1.29 is 23.0 Å². The number of alkyl halides is 1. The maximum Gasteiger partial charge on any atom is 0.231 e. The van der Waals surface area contributed by atoms with Gasteiger partial charge in [0.1, 0.15) is 25.6 Å². The van der Waals surface area contributed by atoms with Gasteiger partial charge in [-0.15, -0.1) is 0 Å². The van der Waals surface area contributed by atoms with Crippen molar-refractivity contribution in [1.82, 2.24) is 24.6 Å². The molecule has 4 heterocycles. The highest BCUT2D eigenvalue weighted by molar-refractivity contribution is 6.35. The van der Waals surface area contributed by atoms with Crippen LogP contribution in [0.4, 0.5) is 14.6 Å². The molecule has 6 rings (SSSR count). The van der Waals surface area contributed by atoms with E-state index in [-0.39, 0.29) is 35.2 Å². The number of amides is 1. The van der Waals surface area contributed by atoms with Gasteiger partial charge in [0.2, 0.25) is 5.91 Å². The molecule has 12 heteroatoms. The Balaban J connectivity index is 1.43. The van der Waals surface area contributed by atoms with Gasteiger partial charge >= 0.3 is 0 Å². The van der Waals surface area contributed by atoms with E-state index in [4.69, 9.17) is 21.1 Å². The van der Waals surface area contributed by atoms with Crippen molar-refractivity contribution in [2.24, 2.45) is 5.92 Å². The van der Waals surface area contributed by atoms with Gasteiger partial charge in [0.05, 0.1) is 46.3 Å². The summed E-state index contributed by atoms with van der Waals surface area (Å²) in [6.07, 6.45) is 6.63. The summed E-state index contributed by atoms with van der Waals surface area (Å²) >= 11 is 6.47. The smallest absolute Gasteiger partial charge is 0.231 e. The zero-order valence-electron chi connectivity index (χ0n) is 16.8. The van der Waals surface area contributed by atoms with E-state index in [0.717, 1.165) is 0 Å². The van der Waals surface area contributed by atoms with Crippen molar-refractivity contribution in [1.29, 1.82) is 0 Å². The molecule has 0 spiro atoms. The molecule has 1 saturated carbocycles. The number of rotatable bonds is 4. The van der Waals surface area contributed by atoms with Crippen molar-refractivity contribution in [2.75, 3.05) is 18.5 Å². The molecule has 2 aliphatic rings. The molecular formula is C21H15ClF2N6O3. The van der Waals surface area contributed by atoms with Crippen LogP contribution in [0.3, 0.4) is 0 Å². The first kappa shape index (κ1) is 19.9. The Bertz CT molecular complexity index is 1470. The number of aromatic nitrogens is 5. The van der Waals surface area contributed by atoms with Gasteiger partial charge in [0.15, 0.2) is 23.0 Å². The molecule has 2 N–H and O–H groups in total. The molecule has 9 nitrogen and oxygen atoms in total. The topological polar surface area (TPSA) is 106 Å². The normalized spacial score (nSPS) is 19.8. The maximum atomic E-state index is 15.4. The SMILES string of the molecule is O=C(Nc1cn2cc(-c3c(Cl)c(F)c(C4=COCCO4)c4[nH]ncc34)ncc2n1)[C@@H]1C[C@@H]1F. The minimum atomic E-state index is -1.10. The lowest BCUT2D eigenvalue weighted by Gasteiger charge is -2.18. The summed E-state index contributed by atoms with van der Waals surface area (Å²) in [6, 6.07) is 0. The van der Waals surface area contributed by atoms with Crippen molar-refractivity contribution >= 4 is 45.6 Å². The number of nitrogens with zero attached hydrogens (tertiary/aromatic N) is 4. The van der Waals surface area contributed by atoms with Crippen molar-refractivity contribution in [2.45, 2.75) is 12.6 Å². The molecule has 1 fully saturated rings. The van der Waals surface area contributed by atoms with Crippen LogP contribution in [-0.2, 0) is 14.3 Å². The van der Waals surface area contributed by atoms with E-state index in [2.05, 4.69) is 25.5 Å². The number of aromatic amines is 1. The second-order valence-electron chi connectivity index (χ2n) is 7.75. The van der Waals surface area contributed by atoms with Crippen LogP contribution >= 0.6 is 11.6 Å². The van der Waals surface area contributed by atoms with Crippen LogP contribution in [0, 0.1) is 11.7 Å². The standard InChI is InChI=1S/C21H15ClF2N6O3/c22-18-16(10-4-26-29-20(10)17(19(18)24)13-8-32-1-2-33-13)12-6-30-7-14(27-15(30)5-25-12)28-21(31)9-3-11(9)23/h4-9,11H,1-3H2,(H,26,29)(H,28,31)/t9-,11+/m1/s1. The monoisotopic (exact) mass is 472 g/mol. The molecule has 168 valence electrons. The fourth-order valence-electron chi connectivity index (χ4n) is 3.84. The van der Waals surface area contributed by atoms with E-state index in [0.29, 0.717) is 34.4 Å². The van der Waals surface area contributed by atoms with Gasteiger partial charge in [-0.25, -0.2) is 13.8 Å². The number of imidazole rings is 1. The number of fused-ring (bicyclic) bond motifs is 2. The van der Waals surface area contributed by atoms with Crippen LogP contribution < -0.4 is 5.32 Å². The number of carbonyl (C=O) groups excluding carboxylic acids is 1. The second kappa shape index (κ2) is 7.41. The van der Waals surface area contributed by atoms with E-state index in [1.54, 1.807) is 16.8 Å². The summed E-state index contributed by atoms with van der Waals surface area (Å²) in [5.41, 5.74) is 1.64. The summed E-state index contributed by atoms with van der Waals surface area (Å²) in [4.78, 5) is 20.7. The first-order valence-corrected chi connectivity index (χ1v) is 10.5. The summed E-state index contributed by atoms with van der Waals surface area (Å²) in [7, 11) is 0. The quantitative estimate of drug-likeness (QED) is 0.469. The predicted octanol–water partition coefficient (Wildman–Crippen LogP) is 3.71. The number of nitrogens with one attached hydrogen (secondary N) is 2. The van der Waals surface area contributed by atoms with Crippen LogP contribution in [0.2, 0.25) is 5.02 Å². The van der Waals surface area contributed by atoms with Gasteiger partial charge in [-0.1, -0.05) is 11.6 Å². The summed E-state index contributed by atoms with van der Waals surface area (Å²) in [5, 5.41) is 9.83. The van der Waals surface area contributed by atoms with E-state index in [1.807, 2.05) is 0 Å². The molecular weight excluding hydrogens is 458 g/mol. The largest absolute Gasteiger partial charge is 0.494 e. The van der Waals surface area contributed by atoms with Crippen molar-refractivity contribution in [3.05, 3.63) is 47.5 Å². The molecule has 1 aliphatic heterocycles. The molecule has 0 saturated heterocycles. The highest BCUT2D eigenvalue weighted by Gasteiger charge is 2.43. The lowest BCUT2D eigenvalue weighted by molar-refractivity contribution is -0.117. The second-order valence-corrected chi connectivity index (χ2v) is 8.13. The average Bonchev–Trinajstić information content (AvgIpc) is 3.18. The summed E-state index contributed by atoms with van der Waals surface area (Å²) < 4.78 is 41.0. The van der Waals surface area contributed by atoms with E-state index < -0.39 is 23.8 Å². The Labute approximate surface area is 189 Å². The van der Waals surface area contributed by atoms with Gasteiger partial charge in [0, 0.05) is 17.1 Å². The Kier molecular flexibility index (Phi) is 4.47. The third-order valence-electron chi connectivity index (χ3n) is 5.58. The molecule has 1 aliphatic carbocycles. The molecule has 2 atom stereocenters. The number of hydrogen-bond donors (Lipinski definition) is 2. The van der Waals surface area contributed by atoms with Crippen LogP contribution in [-0.4, -0.2) is 49.9 Å². The van der Waals surface area contributed by atoms with Crippen LogP contribution in [0.1, 0.15) is 12.0 Å². The van der Waals surface area contributed by atoms with Gasteiger partial charge < -0.3 is 19.2 Å². The van der Waals surface area contributed by atoms with Crippen molar-refractivity contribution in [3.63, 3.8) is 0 Å². The maximum absolute atomic E-state index is 15.4. The molecule has 3 aromatic heterocycles. The van der Waals surface area contributed by atoms with E-state index in [1.165, 1.54) is 18.7 Å². The van der Waals surface area contributed by atoms with Gasteiger partial charge in [0.25, 0.3) is 0 Å². The van der Waals surface area contributed by atoms with Crippen LogP contribution in [0.25, 0.3) is 33.6 Å². The number of halogens is 3. The van der Waals surface area contributed by atoms with Gasteiger partial charge in [-0.05, 0) is 6.42 Å². The Morgan fingerprint density at radius 3 is 2.88 bits per heavy atom. The predicted molar refractivity (Wildman–Crippen MR) is 115 cm³/mol. The molecule has 33 heavy (non-hydrogen) atoms. The first-order valence-electron chi connectivity index (χ1n) is 10.1. The minimum Gasteiger partial charge on any atom is -0.494 e. The van der Waals surface area contributed by atoms with E-state index in [9.17, 15) is 9.18 Å². The lowest BCUT2D eigenvalue weighted by atomic mass is 10.0. The first-order chi connectivity index (χ1) is 16.0. The molecule has 0 bridgehead atoms. The molecule has 0 unspecified atom stereocenters. The van der Waals surface area contributed by atoms with E-state index >= 15 is 4.39 Å². The van der Waals surface area contributed by atoms with Crippen LogP contribution in [0.5, 0.6) is 0 Å². The third-order valence-corrected chi connectivity index (χ3v) is 5.94. The molecule has 0 radical (unpaired) electrons. The molecule has 1 aromatic carbocycles. The highest BCUT2D eigenvalue weighted by Crippen LogP contribution is 2.41. The molecule has 1 amide bonds. The average molecular weight is 473 g/mol. The van der Waals surface area contributed by atoms with Crippen LogP contribution in [0.15, 0.2) is 31.0 Å². The fraction of sp³-hybridized carbons (Fsp3) is 0.238. The third kappa shape index (κ3) is 3.27. The number of carbonyl (C=O) groups is 1. The Morgan fingerprint density at radius 2 is 2.12 bits per heavy atom. The lowest BCUT2D eigenvalue weighted by Crippen LogP contribution is -2.15. The zero-order valence-corrected chi connectivity index (χ0v) is 17.6. The van der Waals surface area contributed by atoms with Crippen molar-refractivity contribution in [3.8, 4) is 11.3 Å². The minimum absolute atomic E-state index is 0.121. The number of benzene rings is 1. The summed E-state index contributed by atoms with van der Waals surface area (Å²) in [5.74, 6) is -1.27. The number of ether oxygens (including phenoxy) is 2. The number of hydrogen-bond acceptors (Lipinski definition) is 6. The van der Waals surface area contributed by atoms with Gasteiger partial charge in [-0.3, -0.25) is 14.9 Å². The number of H-pyrrole nitrogens is 1.